The van der Waals surface area contributed by atoms with E-state index in [0.717, 1.165) is 11.1 Å². The third-order valence-electron chi connectivity index (χ3n) is 3.36. The Labute approximate surface area is 134 Å². The number of hydrogen-bond acceptors (Lipinski definition) is 5. The lowest BCUT2D eigenvalue weighted by molar-refractivity contribution is 0.667. The second-order valence-corrected chi connectivity index (χ2v) is 5.58. The van der Waals surface area contributed by atoms with Crippen molar-refractivity contribution in [3.05, 3.63) is 46.8 Å². The number of hydrogen-bond donors (Lipinski definition) is 1. The monoisotopic (exact) mass is 330 g/mol. The van der Waals surface area contributed by atoms with Gasteiger partial charge in [0.1, 0.15) is 17.4 Å². The van der Waals surface area contributed by atoms with E-state index in [4.69, 9.17) is 33.4 Å². The Morgan fingerprint density at radius 1 is 1.00 bits per heavy atom. The maximum Gasteiger partial charge on any atom is 0.197 e. The van der Waals surface area contributed by atoms with Crippen molar-refractivity contribution in [2.24, 2.45) is 0 Å². The van der Waals surface area contributed by atoms with E-state index in [9.17, 15) is 0 Å². The molecule has 22 heavy (non-hydrogen) atoms. The first-order chi connectivity index (χ1) is 10.6. The van der Waals surface area contributed by atoms with Gasteiger partial charge in [0.25, 0.3) is 0 Å². The van der Waals surface area contributed by atoms with Crippen molar-refractivity contribution in [3.63, 3.8) is 0 Å². The number of fused-ring (bicyclic) bond motifs is 3. The maximum absolute atomic E-state index is 6.23. The summed E-state index contributed by atoms with van der Waals surface area (Å²) in [6.45, 7) is 0. The van der Waals surface area contributed by atoms with Gasteiger partial charge >= 0.3 is 0 Å². The van der Waals surface area contributed by atoms with Gasteiger partial charge in [-0.15, -0.1) is 0 Å². The van der Waals surface area contributed by atoms with Crippen molar-refractivity contribution in [1.29, 1.82) is 0 Å². The van der Waals surface area contributed by atoms with Crippen LogP contribution in [0.15, 0.2) is 41.2 Å². The van der Waals surface area contributed by atoms with Gasteiger partial charge in [-0.1, -0.05) is 29.3 Å². The third kappa shape index (κ3) is 1.98. The minimum atomic E-state index is 0.286. The van der Waals surface area contributed by atoms with E-state index in [1.807, 2.05) is 12.1 Å². The van der Waals surface area contributed by atoms with E-state index in [0.29, 0.717) is 32.2 Å². The van der Waals surface area contributed by atoms with Gasteiger partial charge in [0.05, 0.1) is 0 Å². The van der Waals surface area contributed by atoms with E-state index in [2.05, 4.69) is 15.0 Å². The first-order valence-electron chi connectivity index (χ1n) is 6.37. The van der Waals surface area contributed by atoms with Crippen LogP contribution in [0.2, 0.25) is 10.0 Å². The van der Waals surface area contributed by atoms with Gasteiger partial charge in [-0.3, -0.25) is 0 Å². The summed E-state index contributed by atoms with van der Waals surface area (Å²) in [6, 6.07) is 7.14. The molecule has 4 rings (SSSR count). The molecule has 0 aliphatic rings. The van der Waals surface area contributed by atoms with Gasteiger partial charge < -0.3 is 10.2 Å². The summed E-state index contributed by atoms with van der Waals surface area (Å²) in [5.74, 6) is 0.286. The predicted octanol–water partition coefficient (Wildman–Crippen LogP) is 4.33. The van der Waals surface area contributed by atoms with E-state index in [1.165, 1.54) is 6.33 Å². The average Bonchev–Trinajstić information content (AvgIpc) is 2.86. The molecule has 5 nitrogen and oxygen atoms in total. The number of furan rings is 1. The number of rotatable bonds is 1. The van der Waals surface area contributed by atoms with Crippen LogP contribution in [0.3, 0.4) is 0 Å². The summed E-state index contributed by atoms with van der Waals surface area (Å²) < 4.78 is 5.73. The molecule has 0 radical (unpaired) electrons. The van der Waals surface area contributed by atoms with Crippen molar-refractivity contribution in [2.75, 3.05) is 5.73 Å². The van der Waals surface area contributed by atoms with Crippen LogP contribution in [0.5, 0.6) is 0 Å². The molecule has 0 saturated carbocycles. The summed E-state index contributed by atoms with van der Waals surface area (Å²) in [6.07, 6.45) is 3.10. The van der Waals surface area contributed by atoms with Crippen molar-refractivity contribution < 1.29 is 4.42 Å². The zero-order valence-corrected chi connectivity index (χ0v) is 12.6. The molecule has 1 aromatic carbocycles. The predicted molar refractivity (Wildman–Crippen MR) is 87.0 cm³/mol. The number of nitrogens with zero attached hydrogens (tertiary/aromatic N) is 3. The summed E-state index contributed by atoms with van der Waals surface area (Å²) in [5, 5.41) is 1.12. The molecule has 0 unspecified atom stereocenters. The van der Waals surface area contributed by atoms with Gasteiger partial charge in [0.2, 0.25) is 0 Å². The summed E-state index contributed by atoms with van der Waals surface area (Å²) in [7, 11) is 0. The largest absolute Gasteiger partial charge is 0.449 e. The van der Waals surface area contributed by atoms with Crippen molar-refractivity contribution in [2.45, 2.75) is 0 Å². The van der Waals surface area contributed by atoms with Crippen LogP contribution in [0.1, 0.15) is 0 Å². The summed E-state index contributed by atoms with van der Waals surface area (Å²) >= 11 is 12.2. The van der Waals surface area contributed by atoms with Crippen molar-refractivity contribution >= 4 is 51.2 Å². The van der Waals surface area contributed by atoms with Gasteiger partial charge in [0, 0.05) is 27.4 Å². The lowest BCUT2D eigenvalue weighted by Gasteiger charge is -2.04. The number of nitrogen functional groups attached to an aromatic ring is 1. The quantitative estimate of drug-likeness (QED) is 0.562. The number of benzene rings is 1. The highest BCUT2D eigenvalue weighted by molar-refractivity contribution is 6.36. The van der Waals surface area contributed by atoms with Crippen LogP contribution >= 0.6 is 23.2 Å². The molecule has 3 heterocycles. The zero-order chi connectivity index (χ0) is 15.3. The van der Waals surface area contributed by atoms with Crippen LogP contribution in [0.25, 0.3) is 33.3 Å². The third-order valence-corrected chi connectivity index (χ3v) is 3.91. The molecule has 3 aromatic heterocycles. The minimum absolute atomic E-state index is 0.286. The van der Waals surface area contributed by atoms with Crippen LogP contribution in [0.4, 0.5) is 5.82 Å². The Kier molecular flexibility index (Phi) is 2.92. The number of pyridine rings is 1. The fourth-order valence-electron chi connectivity index (χ4n) is 2.34. The number of aromatic nitrogens is 3. The molecule has 0 amide bonds. The van der Waals surface area contributed by atoms with Crippen LogP contribution in [0, 0.1) is 0 Å². The molecule has 0 saturated heterocycles. The smallest absolute Gasteiger partial charge is 0.197 e. The highest BCUT2D eigenvalue weighted by Crippen LogP contribution is 2.34. The molecule has 0 spiro atoms. The maximum atomic E-state index is 6.23. The molecule has 0 atom stereocenters. The number of anilines is 1. The molecular formula is C15H8Cl2N4O. The van der Waals surface area contributed by atoms with Gasteiger partial charge in [-0.2, -0.15) is 0 Å². The molecule has 2 N–H and O–H groups in total. The first-order valence-corrected chi connectivity index (χ1v) is 7.13. The van der Waals surface area contributed by atoms with Gasteiger partial charge in [-0.25, -0.2) is 15.0 Å². The molecule has 4 aromatic rings. The molecule has 0 bridgehead atoms. The molecule has 0 aliphatic carbocycles. The minimum Gasteiger partial charge on any atom is -0.449 e. The van der Waals surface area contributed by atoms with Crippen LogP contribution < -0.4 is 5.73 Å². The van der Waals surface area contributed by atoms with Gasteiger partial charge in [0.15, 0.2) is 17.0 Å². The standard InChI is InChI=1S/C15H8Cl2N4O/c16-8-1-2-9(10(17)4-8)7-3-11-12(19-5-7)13-14(22-11)15(18)21-6-20-13/h1-6H,(H2,18,20,21). The van der Waals surface area contributed by atoms with E-state index in [-0.39, 0.29) is 5.82 Å². The van der Waals surface area contributed by atoms with Crippen molar-refractivity contribution in [3.8, 4) is 11.1 Å². The Hall–Kier alpha value is -2.37. The van der Waals surface area contributed by atoms with E-state index >= 15 is 0 Å². The fourth-order valence-corrected chi connectivity index (χ4v) is 2.86. The topological polar surface area (TPSA) is 77.8 Å². The van der Waals surface area contributed by atoms with E-state index in [1.54, 1.807) is 18.3 Å². The summed E-state index contributed by atoms with van der Waals surface area (Å²) in [4.78, 5) is 12.5. The first kappa shape index (κ1) is 13.3. The second-order valence-electron chi connectivity index (χ2n) is 4.73. The Balaban J connectivity index is 1.97. The molecule has 0 aliphatic heterocycles. The average molecular weight is 331 g/mol. The fraction of sp³-hybridized carbons (Fsp3) is 0. The second kappa shape index (κ2) is 4.83. The highest BCUT2D eigenvalue weighted by atomic mass is 35.5. The number of nitrogens with two attached hydrogens (primary N) is 1. The number of halogens is 2. The van der Waals surface area contributed by atoms with Gasteiger partial charge in [-0.05, 0) is 18.2 Å². The highest BCUT2D eigenvalue weighted by Gasteiger charge is 2.14. The molecule has 0 fully saturated rings. The SMILES string of the molecule is Nc1ncnc2c1oc1cc(-c3ccc(Cl)cc3Cl)cnc12. The Morgan fingerprint density at radius 2 is 1.86 bits per heavy atom. The molecular weight excluding hydrogens is 323 g/mol. The van der Waals surface area contributed by atoms with Crippen molar-refractivity contribution in [1.82, 2.24) is 15.0 Å². The Morgan fingerprint density at radius 3 is 2.68 bits per heavy atom. The summed E-state index contributed by atoms with van der Waals surface area (Å²) in [5.41, 5.74) is 9.68. The lowest BCUT2D eigenvalue weighted by Crippen LogP contribution is -1.90. The van der Waals surface area contributed by atoms with Crippen LogP contribution in [-0.2, 0) is 0 Å². The molecule has 108 valence electrons. The van der Waals surface area contributed by atoms with E-state index < -0.39 is 0 Å². The molecule has 7 heteroatoms. The lowest BCUT2D eigenvalue weighted by atomic mass is 10.1. The Bertz CT molecular complexity index is 1030. The zero-order valence-electron chi connectivity index (χ0n) is 11.0. The van der Waals surface area contributed by atoms with Crippen LogP contribution in [-0.4, -0.2) is 15.0 Å². The normalized spacial score (nSPS) is 11.4.